The average Bonchev–Trinajstić information content (AvgIpc) is 2.96. The van der Waals surface area contributed by atoms with Gasteiger partial charge in [0.05, 0.1) is 6.54 Å². The molecule has 0 atom stereocenters. The summed E-state index contributed by atoms with van der Waals surface area (Å²) in [6, 6.07) is 10.0. The van der Waals surface area contributed by atoms with Crippen LogP contribution in [0.1, 0.15) is 5.56 Å². The van der Waals surface area contributed by atoms with Crippen molar-refractivity contribution in [3.63, 3.8) is 0 Å². The Hall–Kier alpha value is -1.90. The molecule has 0 fully saturated rings. The van der Waals surface area contributed by atoms with Crippen LogP contribution in [0.5, 0.6) is 0 Å². The zero-order valence-electron chi connectivity index (χ0n) is 11.8. The number of thiazole rings is 1. The van der Waals surface area contributed by atoms with Gasteiger partial charge in [0.2, 0.25) is 5.91 Å². The molecule has 0 saturated carbocycles. The molecule has 2 heterocycles. The number of thioether (sulfide) groups is 1. The van der Waals surface area contributed by atoms with Gasteiger partial charge in [0.1, 0.15) is 4.70 Å². The van der Waals surface area contributed by atoms with Gasteiger partial charge in [0.15, 0.2) is 21.1 Å². The number of rotatable bonds is 6. The monoisotopic (exact) mass is 365 g/mol. The predicted molar refractivity (Wildman–Crippen MR) is 93.9 cm³/mol. The van der Waals surface area contributed by atoms with Crippen LogP contribution in [0.15, 0.2) is 35.5 Å². The lowest BCUT2D eigenvalue weighted by Crippen LogP contribution is -2.21. The smallest absolute Gasteiger partial charge is 0.236 e. The number of hydrogen-bond donors (Lipinski definition) is 2. The van der Waals surface area contributed by atoms with E-state index in [1.165, 1.54) is 28.7 Å². The van der Waals surface area contributed by atoms with Crippen molar-refractivity contribution in [1.82, 2.24) is 15.0 Å². The fourth-order valence-corrected chi connectivity index (χ4v) is 3.71. The Balaban J connectivity index is 1.78. The number of anilines is 1. The summed E-state index contributed by atoms with van der Waals surface area (Å²) in [6.45, 7) is 0.0144. The summed E-state index contributed by atoms with van der Waals surface area (Å²) in [5.74, 6) is 0.292. The van der Waals surface area contributed by atoms with Gasteiger partial charge in [0.25, 0.3) is 0 Å². The third kappa shape index (κ3) is 4.10. The average molecular weight is 366 g/mol. The number of aromatic nitrogens is 3. The van der Waals surface area contributed by atoms with Gasteiger partial charge >= 0.3 is 0 Å². The van der Waals surface area contributed by atoms with Crippen molar-refractivity contribution in [2.45, 2.75) is 10.9 Å². The first-order valence-electron chi connectivity index (χ1n) is 6.65. The second-order valence-electron chi connectivity index (χ2n) is 4.56. The summed E-state index contributed by atoms with van der Waals surface area (Å²) in [5.41, 5.74) is 6.79. The molecule has 0 aliphatic rings. The lowest BCUT2D eigenvalue weighted by molar-refractivity contribution is -0.116. The maximum atomic E-state index is 10.8. The van der Waals surface area contributed by atoms with E-state index >= 15 is 0 Å². The van der Waals surface area contributed by atoms with Crippen LogP contribution < -0.4 is 11.1 Å². The first-order chi connectivity index (χ1) is 11.1. The summed E-state index contributed by atoms with van der Waals surface area (Å²) in [5, 5.41) is 4.30. The number of carbonyl (C=O) groups is 1. The van der Waals surface area contributed by atoms with Crippen molar-refractivity contribution in [3.8, 4) is 0 Å². The van der Waals surface area contributed by atoms with Crippen LogP contribution in [0, 0.1) is 0 Å². The van der Waals surface area contributed by atoms with E-state index in [-0.39, 0.29) is 6.54 Å². The van der Waals surface area contributed by atoms with Crippen LogP contribution in [-0.4, -0.2) is 27.4 Å². The fraction of sp³-hybridized carbons (Fsp3) is 0.143. The number of primary amides is 1. The lowest BCUT2D eigenvalue weighted by atomic mass is 10.2. The second kappa shape index (κ2) is 7.12. The molecule has 3 aromatic rings. The highest BCUT2D eigenvalue weighted by Crippen LogP contribution is 2.32. The van der Waals surface area contributed by atoms with E-state index in [0.717, 1.165) is 5.75 Å². The van der Waals surface area contributed by atoms with Gasteiger partial charge in [-0.3, -0.25) is 4.79 Å². The number of carbonyl (C=O) groups excluding carboxylic acids is 1. The molecule has 0 unspecified atom stereocenters. The van der Waals surface area contributed by atoms with Crippen molar-refractivity contribution in [2.24, 2.45) is 5.73 Å². The zero-order chi connectivity index (χ0) is 16.2. The summed E-state index contributed by atoms with van der Waals surface area (Å²) in [4.78, 5) is 23.8. The Morgan fingerprint density at radius 3 is 2.78 bits per heavy atom. The van der Waals surface area contributed by atoms with Crippen molar-refractivity contribution in [2.75, 3.05) is 11.9 Å². The summed E-state index contributed by atoms with van der Waals surface area (Å²) in [7, 11) is 0. The number of amides is 1. The number of fused-ring (bicyclic) bond motifs is 1. The van der Waals surface area contributed by atoms with Crippen LogP contribution >= 0.6 is 34.7 Å². The topological polar surface area (TPSA) is 93.8 Å². The highest BCUT2D eigenvalue weighted by atomic mass is 35.5. The van der Waals surface area contributed by atoms with Crippen LogP contribution in [0.2, 0.25) is 5.15 Å². The van der Waals surface area contributed by atoms with Crippen LogP contribution in [0.4, 0.5) is 5.13 Å². The third-order valence-electron chi connectivity index (χ3n) is 2.82. The SMILES string of the molecule is NC(=O)CNc1nc2nc(SCc3ccccc3)nc(Cl)c2s1. The third-order valence-corrected chi connectivity index (χ3v) is 5.13. The summed E-state index contributed by atoms with van der Waals surface area (Å²) in [6.07, 6.45) is 0. The molecule has 0 aliphatic heterocycles. The molecule has 9 heteroatoms. The van der Waals surface area contributed by atoms with Gasteiger partial charge in [-0.2, -0.15) is 4.98 Å². The van der Waals surface area contributed by atoms with Gasteiger partial charge in [-0.05, 0) is 5.56 Å². The normalized spacial score (nSPS) is 10.8. The molecular formula is C14H12ClN5OS2. The first-order valence-corrected chi connectivity index (χ1v) is 8.83. The van der Waals surface area contributed by atoms with Crippen LogP contribution in [-0.2, 0) is 10.5 Å². The van der Waals surface area contributed by atoms with Crippen LogP contribution in [0.3, 0.4) is 0 Å². The Kier molecular flexibility index (Phi) is 4.94. The van der Waals surface area contributed by atoms with Gasteiger partial charge in [-0.1, -0.05) is 65.0 Å². The van der Waals surface area contributed by atoms with Gasteiger partial charge < -0.3 is 11.1 Å². The summed E-state index contributed by atoms with van der Waals surface area (Å²) >= 11 is 8.99. The number of nitrogens with two attached hydrogens (primary N) is 1. The first kappa shape index (κ1) is 16.0. The highest BCUT2D eigenvalue weighted by molar-refractivity contribution is 7.98. The highest BCUT2D eigenvalue weighted by Gasteiger charge is 2.13. The van der Waals surface area contributed by atoms with E-state index in [9.17, 15) is 4.79 Å². The van der Waals surface area contributed by atoms with Gasteiger partial charge in [-0.25, -0.2) is 9.97 Å². The van der Waals surface area contributed by atoms with E-state index in [0.29, 0.717) is 25.8 Å². The standard InChI is InChI=1S/C14H12ClN5OS2/c15-11-10-12(19-13(23-10)17-6-9(16)21)20-14(18-11)22-7-8-4-2-1-3-5-8/h1-5H,6-7H2,(H2,16,21)(H,17,18,19,20). The number of benzene rings is 1. The molecule has 3 rings (SSSR count). The van der Waals surface area contributed by atoms with Gasteiger partial charge in [0, 0.05) is 5.75 Å². The maximum absolute atomic E-state index is 10.8. The molecule has 2 aromatic heterocycles. The van der Waals surface area contributed by atoms with Crippen molar-refractivity contribution < 1.29 is 4.79 Å². The number of hydrogen-bond acceptors (Lipinski definition) is 7. The van der Waals surface area contributed by atoms with Crippen molar-refractivity contribution in [3.05, 3.63) is 41.0 Å². The molecule has 0 aliphatic carbocycles. The minimum Gasteiger partial charge on any atom is -0.368 e. The van der Waals surface area contributed by atoms with Crippen LogP contribution in [0.25, 0.3) is 10.3 Å². The summed E-state index contributed by atoms with van der Waals surface area (Å²) < 4.78 is 0.683. The van der Waals surface area contributed by atoms with E-state index < -0.39 is 5.91 Å². The number of nitrogens with zero attached hydrogens (tertiary/aromatic N) is 3. The number of nitrogens with one attached hydrogen (secondary N) is 1. The minimum absolute atomic E-state index is 0.0144. The zero-order valence-corrected chi connectivity index (χ0v) is 14.2. The van der Waals surface area contributed by atoms with Gasteiger partial charge in [-0.15, -0.1) is 0 Å². The molecule has 23 heavy (non-hydrogen) atoms. The molecule has 0 spiro atoms. The Bertz CT molecular complexity index is 840. The molecule has 1 aromatic carbocycles. The molecular weight excluding hydrogens is 354 g/mol. The maximum Gasteiger partial charge on any atom is 0.236 e. The molecule has 1 amide bonds. The minimum atomic E-state index is -0.458. The molecule has 0 bridgehead atoms. The van der Waals surface area contributed by atoms with Crippen molar-refractivity contribution >= 4 is 56.1 Å². The lowest BCUT2D eigenvalue weighted by Gasteiger charge is -2.01. The fourth-order valence-electron chi connectivity index (χ4n) is 1.80. The molecule has 6 nitrogen and oxygen atoms in total. The predicted octanol–water partition coefficient (Wildman–Crippen LogP) is 2.93. The molecule has 3 N–H and O–H groups in total. The largest absolute Gasteiger partial charge is 0.368 e. The quantitative estimate of drug-likeness (QED) is 0.396. The Labute approximate surface area is 145 Å². The van der Waals surface area contributed by atoms with E-state index in [1.54, 1.807) is 0 Å². The second-order valence-corrected chi connectivity index (χ2v) is 6.86. The molecule has 118 valence electrons. The van der Waals surface area contributed by atoms with E-state index in [4.69, 9.17) is 17.3 Å². The number of halogens is 1. The Morgan fingerprint density at radius 1 is 1.26 bits per heavy atom. The Morgan fingerprint density at radius 2 is 2.04 bits per heavy atom. The van der Waals surface area contributed by atoms with E-state index in [2.05, 4.69) is 20.3 Å². The molecule has 0 saturated heterocycles. The van der Waals surface area contributed by atoms with E-state index in [1.807, 2.05) is 30.3 Å². The van der Waals surface area contributed by atoms with Crippen molar-refractivity contribution in [1.29, 1.82) is 0 Å². The molecule has 0 radical (unpaired) electrons.